The van der Waals surface area contributed by atoms with Gasteiger partial charge in [0.1, 0.15) is 23.0 Å². The van der Waals surface area contributed by atoms with Crippen LogP contribution >= 0.6 is 11.8 Å². The van der Waals surface area contributed by atoms with Gasteiger partial charge in [-0.05, 0) is 36.6 Å². The molecule has 158 valence electrons. The minimum atomic E-state index is -0.472. The maximum absolute atomic E-state index is 13.0. The summed E-state index contributed by atoms with van der Waals surface area (Å²) < 4.78 is 5.29. The highest BCUT2D eigenvalue weighted by atomic mass is 32.2. The molecule has 0 aliphatic carbocycles. The van der Waals surface area contributed by atoms with Crippen molar-refractivity contribution < 1.29 is 14.5 Å². The summed E-state index contributed by atoms with van der Waals surface area (Å²) in [5.41, 5.74) is 1.92. The number of methoxy groups -OCH3 is 1. The second-order valence-electron chi connectivity index (χ2n) is 6.31. The van der Waals surface area contributed by atoms with E-state index in [0.29, 0.717) is 33.4 Å². The van der Waals surface area contributed by atoms with Crippen LogP contribution in [-0.4, -0.2) is 27.9 Å². The Bertz CT molecular complexity index is 1150. The van der Waals surface area contributed by atoms with Gasteiger partial charge in [-0.3, -0.25) is 14.9 Å². The number of non-ortho nitro benzene ring substituents is 1. The molecule has 3 rings (SSSR count). The maximum atomic E-state index is 13.0. The Labute approximate surface area is 183 Å². The number of H-pyrrole nitrogens is 1. The zero-order valence-electron chi connectivity index (χ0n) is 16.9. The Hall–Kier alpha value is -3.85. The van der Waals surface area contributed by atoms with Gasteiger partial charge in [0.25, 0.3) is 11.6 Å². The van der Waals surface area contributed by atoms with Crippen molar-refractivity contribution in [2.24, 2.45) is 0 Å². The first kappa shape index (κ1) is 21.8. The molecule has 0 spiro atoms. The largest absolute Gasteiger partial charge is 0.497 e. The van der Waals surface area contributed by atoms with Crippen LogP contribution in [0.2, 0.25) is 0 Å². The van der Waals surface area contributed by atoms with E-state index in [1.807, 2.05) is 19.1 Å². The average molecular weight is 436 g/mol. The number of benzene rings is 2. The molecule has 2 N–H and O–H groups in total. The van der Waals surface area contributed by atoms with E-state index >= 15 is 0 Å². The third kappa shape index (κ3) is 5.20. The molecule has 0 radical (unpaired) electrons. The van der Waals surface area contributed by atoms with Crippen molar-refractivity contribution in [1.29, 1.82) is 0 Å². The highest BCUT2D eigenvalue weighted by molar-refractivity contribution is 8.05. The second-order valence-corrected chi connectivity index (χ2v) is 7.31. The molecule has 1 heterocycles. The van der Waals surface area contributed by atoms with Crippen molar-refractivity contribution in [3.05, 3.63) is 87.4 Å². The maximum Gasteiger partial charge on any atom is 0.274 e. The monoisotopic (exact) mass is 436 g/mol. The number of nitro groups is 1. The summed E-state index contributed by atoms with van der Waals surface area (Å²) in [4.78, 5) is 31.0. The molecule has 0 atom stereocenters. The lowest BCUT2D eigenvalue weighted by Gasteiger charge is -2.07. The van der Waals surface area contributed by atoms with Crippen molar-refractivity contribution in [3.63, 3.8) is 0 Å². The number of nitrogens with zero attached hydrogens (tertiary/aromatic N) is 2. The highest BCUT2D eigenvalue weighted by Crippen LogP contribution is 2.29. The van der Waals surface area contributed by atoms with Crippen LogP contribution in [0.15, 0.2) is 71.6 Å². The smallest absolute Gasteiger partial charge is 0.274 e. The van der Waals surface area contributed by atoms with Crippen molar-refractivity contribution in [2.75, 3.05) is 7.11 Å². The second kappa shape index (κ2) is 9.77. The fourth-order valence-electron chi connectivity index (χ4n) is 2.76. The number of thioether (sulfide) groups is 1. The van der Waals surface area contributed by atoms with E-state index in [9.17, 15) is 14.9 Å². The van der Waals surface area contributed by atoms with Crippen LogP contribution in [0, 0.1) is 10.1 Å². The van der Waals surface area contributed by atoms with E-state index in [1.54, 1.807) is 42.8 Å². The fraction of sp³-hybridized carbons (Fsp3) is 0.0909. The number of aromatic amines is 1. The van der Waals surface area contributed by atoms with Crippen LogP contribution in [0.1, 0.15) is 17.4 Å². The molecular formula is C22H20N4O4S. The molecule has 1 amide bonds. The van der Waals surface area contributed by atoms with Crippen molar-refractivity contribution in [2.45, 2.75) is 6.92 Å². The number of allylic oxidation sites excluding steroid dienone is 1. The normalized spacial score (nSPS) is 10.8. The van der Waals surface area contributed by atoms with E-state index in [4.69, 9.17) is 4.74 Å². The zero-order valence-corrected chi connectivity index (χ0v) is 17.7. The Morgan fingerprint density at radius 1 is 1.26 bits per heavy atom. The number of carbonyl (C=O) groups is 1. The molecule has 9 heteroatoms. The number of imidazole rings is 1. The Morgan fingerprint density at radius 3 is 2.65 bits per heavy atom. The molecule has 2 aromatic carbocycles. The van der Waals surface area contributed by atoms with E-state index < -0.39 is 10.8 Å². The molecule has 0 saturated heterocycles. The summed E-state index contributed by atoms with van der Waals surface area (Å²) in [6, 6.07) is 13.1. The number of amides is 1. The molecule has 1 aromatic heterocycles. The van der Waals surface area contributed by atoms with Gasteiger partial charge in [-0.15, -0.1) is 0 Å². The highest BCUT2D eigenvalue weighted by Gasteiger charge is 2.21. The van der Waals surface area contributed by atoms with E-state index in [2.05, 4.69) is 21.9 Å². The molecule has 31 heavy (non-hydrogen) atoms. The predicted molar refractivity (Wildman–Crippen MR) is 122 cm³/mol. The van der Waals surface area contributed by atoms with Crippen molar-refractivity contribution >= 4 is 23.4 Å². The fourth-order valence-corrected chi connectivity index (χ4v) is 3.22. The van der Waals surface area contributed by atoms with Crippen LogP contribution in [0.4, 0.5) is 5.69 Å². The summed E-state index contributed by atoms with van der Waals surface area (Å²) >= 11 is 1.29. The first-order chi connectivity index (χ1) is 14.9. The summed E-state index contributed by atoms with van der Waals surface area (Å²) in [6.07, 6.45) is 1.84. The summed E-state index contributed by atoms with van der Waals surface area (Å²) in [7, 11) is 1.56. The average Bonchev–Trinajstić information content (AvgIpc) is 3.23. The molecule has 0 aliphatic heterocycles. The number of ether oxygens (including phenoxy) is 1. The molecule has 3 aromatic rings. The van der Waals surface area contributed by atoms with Gasteiger partial charge < -0.3 is 15.0 Å². The topological polar surface area (TPSA) is 110 Å². The van der Waals surface area contributed by atoms with Crippen molar-refractivity contribution in [3.8, 4) is 28.4 Å². The number of hydrogen-bond donors (Lipinski definition) is 2. The zero-order chi connectivity index (χ0) is 22.4. The van der Waals surface area contributed by atoms with Gasteiger partial charge in [0.05, 0.1) is 17.1 Å². The predicted octanol–water partition coefficient (Wildman–Crippen LogP) is 5.13. The Kier molecular flexibility index (Phi) is 6.88. The van der Waals surface area contributed by atoms with Crippen LogP contribution in [0.3, 0.4) is 0 Å². The Morgan fingerprint density at radius 2 is 2.00 bits per heavy atom. The first-order valence-corrected chi connectivity index (χ1v) is 10.1. The van der Waals surface area contributed by atoms with Crippen LogP contribution in [-0.2, 0) is 0 Å². The third-order valence-corrected chi connectivity index (χ3v) is 5.02. The van der Waals surface area contributed by atoms with Gasteiger partial charge in [0, 0.05) is 23.3 Å². The summed E-state index contributed by atoms with van der Waals surface area (Å²) in [5.74, 6) is 0.627. The minimum Gasteiger partial charge on any atom is -0.497 e. The number of nitrogens with one attached hydrogen (secondary N) is 2. The lowest BCUT2D eigenvalue weighted by Crippen LogP contribution is -2.21. The van der Waals surface area contributed by atoms with E-state index in [0.717, 1.165) is 0 Å². The minimum absolute atomic E-state index is 0.0291. The molecule has 0 saturated carbocycles. The van der Waals surface area contributed by atoms with Gasteiger partial charge in [-0.1, -0.05) is 36.5 Å². The Balaban J connectivity index is 2.03. The number of rotatable bonds is 8. The molecule has 0 unspecified atom stereocenters. The molecule has 8 nitrogen and oxygen atoms in total. The van der Waals surface area contributed by atoms with Crippen LogP contribution in [0.5, 0.6) is 5.75 Å². The number of nitro benzene ring substituents is 1. The van der Waals surface area contributed by atoms with Crippen LogP contribution < -0.4 is 10.1 Å². The van der Waals surface area contributed by atoms with Gasteiger partial charge in [-0.2, -0.15) is 0 Å². The van der Waals surface area contributed by atoms with Gasteiger partial charge in [-0.25, -0.2) is 4.98 Å². The van der Waals surface area contributed by atoms with E-state index in [-0.39, 0.29) is 11.4 Å². The van der Waals surface area contributed by atoms with Crippen molar-refractivity contribution in [1.82, 2.24) is 15.3 Å². The number of carbonyl (C=O) groups excluding carboxylic acids is 1. The number of aromatic nitrogens is 2. The summed E-state index contributed by atoms with van der Waals surface area (Å²) in [6.45, 7) is 5.71. The number of hydrogen-bond acceptors (Lipinski definition) is 6. The standard InChI is InChI=1S/C22H20N4O4S/c1-4-12-31-14(2)23-22(27)20-19(16-6-5-7-18(13-16)30-3)24-21(25-20)15-8-10-17(11-9-15)26(28)29/h4-13H,2H2,1,3H3,(H,23,27)(H,24,25)/b12-4-. The molecular weight excluding hydrogens is 416 g/mol. The van der Waals surface area contributed by atoms with Crippen LogP contribution in [0.25, 0.3) is 22.6 Å². The van der Waals surface area contributed by atoms with E-state index in [1.165, 1.54) is 23.9 Å². The lowest BCUT2D eigenvalue weighted by atomic mass is 10.1. The van der Waals surface area contributed by atoms with Gasteiger partial charge in [0.15, 0.2) is 0 Å². The molecule has 0 bridgehead atoms. The quantitative estimate of drug-likeness (QED) is 0.374. The summed E-state index contributed by atoms with van der Waals surface area (Å²) in [5, 5.41) is 15.9. The SMILES string of the molecule is C=C(NC(=O)c1[nH]c(-c2ccc([N+](=O)[O-])cc2)nc1-c1cccc(OC)c1)S/C=C\C. The first-order valence-electron chi connectivity index (χ1n) is 9.20. The van der Waals surface area contributed by atoms with Gasteiger partial charge >= 0.3 is 0 Å². The lowest BCUT2D eigenvalue weighted by molar-refractivity contribution is -0.384. The van der Waals surface area contributed by atoms with Gasteiger partial charge in [0.2, 0.25) is 0 Å². The molecule has 0 aliphatic rings. The third-order valence-electron chi connectivity index (χ3n) is 4.22. The molecule has 0 fully saturated rings.